The first kappa shape index (κ1) is 14.5. The van der Waals surface area contributed by atoms with E-state index in [1.807, 2.05) is 0 Å². The van der Waals surface area contributed by atoms with Crippen LogP contribution in [0, 0.1) is 5.92 Å². The molecular weight excluding hydrogens is 286 g/mol. The number of nitrogens with one attached hydrogen (secondary N) is 2. The number of H-pyrrole nitrogens is 1. The Morgan fingerprint density at radius 3 is 2.86 bits per heavy atom. The Morgan fingerprint density at radius 2 is 2.10 bits per heavy atom. The zero-order valence-corrected chi connectivity index (χ0v) is 12.9. The van der Waals surface area contributed by atoms with Crippen LogP contribution in [0.5, 0.6) is 0 Å². The Kier molecular flexibility index (Phi) is 4.27. The highest BCUT2D eigenvalue weighted by atomic mass is 35.5. The fourth-order valence-electron chi connectivity index (χ4n) is 2.95. The van der Waals surface area contributed by atoms with Crippen molar-refractivity contribution < 1.29 is 0 Å². The maximum atomic E-state index is 12.0. The van der Waals surface area contributed by atoms with Crippen molar-refractivity contribution in [2.45, 2.75) is 45.2 Å². The number of benzene rings is 1. The second-order valence-electron chi connectivity index (χ2n) is 6.01. The van der Waals surface area contributed by atoms with Gasteiger partial charge in [0.05, 0.1) is 17.4 Å². The summed E-state index contributed by atoms with van der Waals surface area (Å²) in [4.78, 5) is 19.4. The topological polar surface area (TPSA) is 57.8 Å². The van der Waals surface area contributed by atoms with Gasteiger partial charge in [-0.3, -0.25) is 4.79 Å². The maximum Gasteiger partial charge on any atom is 0.258 e. The molecule has 1 saturated carbocycles. The summed E-state index contributed by atoms with van der Waals surface area (Å²) in [5.41, 5.74) is 0.547. The molecule has 1 fully saturated rings. The molecule has 0 radical (unpaired) electrons. The molecule has 0 bridgehead atoms. The number of hydrogen-bond donors (Lipinski definition) is 2. The third-order valence-electron chi connectivity index (χ3n) is 4.29. The lowest BCUT2D eigenvalue weighted by molar-refractivity contribution is 0.305. The summed E-state index contributed by atoms with van der Waals surface area (Å²) in [6, 6.07) is 5.69. The predicted molar refractivity (Wildman–Crippen MR) is 85.6 cm³/mol. The quantitative estimate of drug-likeness (QED) is 0.915. The van der Waals surface area contributed by atoms with E-state index in [-0.39, 0.29) is 5.56 Å². The van der Waals surface area contributed by atoms with Crippen molar-refractivity contribution in [1.29, 1.82) is 0 Å². The third-order valence-corrected chi connectivity index (χ3v) is 4.53. The molecule has 0 unspecified atom stereocenters. The van der Waals surface area contributed by atoms with Crippen LogP contribution in [-0.4, -0.2) is 16.0 Å². The summed E-state index contributed by atoms with van der Waals surface area (Å²) in [7, 11) is 0. The van der Waals surface area contributed by atoms with Crippen LogP contribution in [-0.2, 0) is 6.54 Å². The summed E-state index contributed by atoms with van der Waals surface area (Å²) in [6.07, 6.45) is 4.94. The van der Waals surface area contributed by atoms with E-state index in [9.17, 15) is 4.79 Å². The fraction of sp³-hybridized carbons (Fsp3) is 0.500. The highest BCUT2D eigenvalue weighted by Gasteiger charge is 2.17. The fourth-order valence-corrected chi connectivity index (χ4v) is 3.12. The molecule has 1 aliphatic carbocycles. The molecule has 1 aliphatic rings. The molecule has 0 saturated heterocycles. The molecule has 1 aromatic heterocycles. The van der Waals surface area contributed by atoms with Gasteiger partial charge >= 0.3 is 0 Å². The second-order valence-corrected chi connectivity index (χ2v) is 6.45. The van der Waals surface area contributed by atoms with Crippen LogP contribution >= 0.6 is 11.6 Å². The van der Waals surface area contributed by atoms with Gasteiger partial charge < -0.3 is 10.3 Å². The molecule has 2 aromatic rings. The molecular formula is C16H20ClN3O. The van der Waals surface area contributed by atoms with Crippen molar-refractivity contribution in [3.8, 4) is 0 Å². The highest BCUT2D eigenvalue weighted by Crippen LogP contribution is 2.23. The maximum absolute atomic E-state index is 12.0. The largest absolute Gasteiger partial charge is 0.309 e. The van der Waals surface area contributed by atoms with E-state index in [4.69, 9.17) is 11.6 Å². The van der Waals surface area contributed by atoms with Gasteiger partial charge in [0, 0.05) is 11.1 Å². The van der Waals surface area contributed by atoms with E-state index >= 15 is 0 Å². The second kappa shape index (κ2) is 6.16. The lowest BCUT2D eigenvalue weighted by Crippen LogP contribution is -2.33. The molecule has 112 valence electrons. The molecule has 2 N–H and O–H groups in total. The van der Waals surface area contributed by atoms with Gasteiger partial charge in [-0.25, -0.2) is 4.98 Å². The van der Waals surface area contributed by atoms with E-state index in [0.717, 1.165) is 5.92 Å². The lowest BCUT2D eigenvalue weighted by Gasteiger charge is -2.26. The number of hydrogen-bond acceptors (Lipinski definition) is 3. The monoisotopic (exact) mass is 305 g/mol. The van der Waals surface area contributed by atoms with Gasteiger partial charge in [0.1, 0.15) is 5.82 Å². The van der Waals surface area contributed by atoms with Crippen LogP contribution in [0.15, 0.2) is 23.0 Å². The number of rotatable bonds is 3. The van der Waals surface area contributed by atoms with Gasteiger partial charge in [-0.05, 0) is 49.8 Å². The van der Waals surface area contributed by atoms with Gasteiger partial charge in [-0.2, -0.15) is 0 Å². The summed E-state index contributed by atoms with van der Waals surface area (Å²) in [5.74, 6) is 1.51. The number of nitrogens with zero attached hydrogens (tertiary/aromatic N) is 1. The Morgan fingerprint density at radius 1 is 1.33 bits per heavy atom. The van der Waals surface area contributed by atoms with Gasteiger partial charge in [0.15, 0.2) is 0 Å². The number of aromatic nitrogens is 2. The molecule has 21 heavy (non-hydrogen) atoms. The smallest absolute Gasteiger partial charge is 0.258 e. The zero-order valence-electron chi connectivity index (χ0n) is 12.2. The first-order chi connectivity index (χ1) is 10.1. The lowest BCUT2D eigenvalue weighted by atomic mass is 9.87. The average molecular weight is 306 g/mol. The minimum atomic E-state index is -0.106. The summed E-state index contributed by atoms with van der Waals surface area (Å²) in [6.45, 7) is 2.90. The van der Waals surface area contributed by atoms with Gasteiger partial charge in [0.2, 0.25) is 0 Å². The Bertz CT molecular complexity index is 689. The van der Waals surface area contributed by atoms with Crippen LogP contribution in [0.25, 0.3) is 10.9 Å². The van der Waals surface area contributed by atoms with Crippen LogP contribution in [0.4, 0.5) is 0 Å². The summed E-state index contributed by atoms with van der Waals surface area (Å²) in [5, 5.41) is 4.68. The van der Waals surface area contributed by atoms with Crippen molar-refractivity contribution >= 4 is 22.5 Å². The van der Waals surface area contributed by atoms with Gasteiger partial charge in [0.25, 0.3) is 5.56 Å². The highest BCUT2D eigenvalue weighted by molar-refractivity contribution is 6.31. The Labute approximate surface area is 128 Å². The Balaban J connectivity index is 1.74. The summed E-state index contributed by atoms with van der Waals surface area (Å²) >= 11 is 5.97. The number of aromatic amines is 1. The average Bonchev–Trinajstić information content (AvgIpc) is 2.46. The van der Waals surface area contributed by atoms with Crippen molar-refractivity contribution in [2.75, 3.05) is 0 Å². The van der Waals surface area contributed by atoms with Gasteiger partial charge in [-0.15, -0.1) is 0 Å². The van der Waals surface area contributed by atoms with Crippen molar-refractivity contribution in [3.63, 3.8) is 0 Å². The van der Waals surface area contributed by atoms with E-state index in [1.54, 1.807) is 18.2 Å². The molecule has 4 nitrogen and oxygen atoms in total. The predicted octanol–water partition coefficient (Wildman–Crippen LogP) is 3.24. The van der Waals surface area contributed by atoms with E-state index in [0.29, 0.717) is 34.3 Å². The first-order valence-corrected chi connectivity index (χ1v) is 7.91. The van der Waals surface area contributed by atoms with E-state index in [2.05, 4.69) is 22.2 Å². The molecule has 1 aromatic carbocycles. The molecule has 0 atom stereocenters. The van der Waals surface area contributed by atoms with Gasteiger partial charge in [-0.1, -0.05) is 18.5 Å². The van der Waals surface area contributed by atoms with Crippen LogP contribution in [0.2, 0.25) is 5.02 Å². The normalized spacial score (nSPS) is 22.6. The zero-order chi connectivity index (χ0) is 14.8. The number of halogens is 1. The van der Waals surface area contributed by atoms with Crippen molar-refractivity contribution in [2.24, 2.45) is 5.92 Å². The molecule has 0 spiro atoms. The number of fused-ring (bicyclic) bond motifs is 1. The molecule has 0 amide bonds. The molecule has 5 heteroatoms. The first-order valence-electron chi connectivity index (χ1n) is 7.53. The standard InChI is InChI=1S/C16H20ClN3O/c1-10-2-5-12(6-3-10)18-9-15-19-14-8-11(17)4-7-13(14)16(21)20-15/h4,7-8,10,12,18H,2-3,5-6,9H2,1H3,(H,19,20,21). The van der Waals surface area contributed by atoms with Crippen LogP contribution in [0.3, 0.4) is 0 Å². The van der Waals surface area contributed by atoms with Crippen molar-refractivity contribution in [1.82, 2.24) is 15.3 Å². The molecule has 1 heterocycles. The van der Waals surface area contributed by atoms with Crippen molar-refractivity contribution in [3.05, 3.63) is 39.4 Å². The minimum absolute atomic E-state index is 0.106. The molecule has 0 aliphatic heterocycles. The minimum Gasteiger partial charge on any atom is -0.309 e. The van der Waals surface area contributed by atoms with E-state index in [1.165, 1.54) is 25.7 Å². The SMILES string of the molecule is CC1CCC(NCc2nc3cc(Cl)ccc3c(=O)[nH]2)CC1. The van der Waals surface area contributed by atoms with E-state index < -0.39 is 0 Å². The molecule has 3 rings (SSSR count). The Hall–Kier alpha value is -1.39. The summed E-state index contributed by atoms with van der Waals surface area (Å²) < 4.78 is 0. The van der Waals surface area contributed by atoms with Crippen LogP contribution < -0.4 is 10.9 Å². The van der Waals surface area contributed by atoms with Crippen LogP contribution in [0.1, 0.15) is 38.4 Å². The third kappa shape index (κ3) is 3.44.